The third-order valence-electron chi connectivity index (χ3n) is 4.71. The van der Waals surface area contributed by atoms with Crippen LogP contribution in [0.1, 0.15) is 12.5 Å². The van der Waals surface area contributed by atoms with E-state index in [1.54, 1.807) is 35.7 Å². The quantitative estimate of drug-likeness (QED) is 0.381. The number of carbonyl (C=O) groups is 1. The summed E-state index contributed by atoms with van der Waals surface area (Å²) < 4.78 is 52.0. The summed E-state index contributed by atoms with van der Waals surface area (Å²) in [5, 5.41) is 4.48. The minimum absolute atomic E-state index is 0.00395. The van der Waals surface area contributed by atoms with Crippen molar-refractivity contribution in [2.24, 2.45) is 0 Å². The lowest BCUT2D eigenvalue weighted by atomic mass is 10.1. The highest BCUT2D eigenvalue weighted by molar-refractivity contribution is 7.16. The Balaban J connectivity index is 1.59. The van der Waals surface area contributed by atoms with Crippen molar-refractivity contribution in [1.29, 1.82) is 0 Å². The predicted octanol–water partition coefficient (Wildman–Crippen LogP) is 5.31. The first kappa shape index (κ1) is 23.3. The van der Waals surface area contributed by atoms with Gasteiger partial charge >= 0.3 is 6.18 Å². The van der Waals surface area contributed by atoms with Gasteiger partial charge in [0.25, 0.3) is 5.56 Å². The fraction of sp³-hybridized carbons (Fsp3) is 0.174. The lowest BCUT2D eigenvalue weighted by Gasteiger charge is -2.16. The van der Waals surface area contributed by atoms with Crippen molar-refractivity contribution in [3.8, 4) is 17.2 Å². The zero-order valence-corrected chi connectivity index (χ0v) is 18.6. The van der Waals surface area contributed by atoms with Crippen LogP contribution in [0.5, 0.6) is 17.2 Å². The monoisotopic (exact) mass is 489 g/mol. The maximum Gasteiger partial charge on any atom is 0.416 e. The third-order valence-corrected chi connectivity index (χ3v) is 5.53. The number of anilines is 1. The zero-order chi connectivity index (χ0) is 24.3. The number of alkyl halides is 3. The van der Waals surface area contributed by atoms with Gasteiger partial charge in [0.1, 0.15) is 22.9 Å². The van der Waals surface area contributed by atoms with Crippen LogP contribution < -0.4 is 20.3 Å². The molecule has 7 nitrogen and oxygen atoms in total. The summed E-state index contributed by atoms with van der Waals surface area (Å²) in [5.41, 5.74) is -1.57. The van der Waals surface area contributed by atoms with E-state index in [2.05, 4.69) is 10.3 Å². The number of hydrogen-bond acceptors (Lipinski definition) is 6. The van der Waals surface area contributed by atoms with Gasteiger partial charge in [-0.25, -0.2) is 4.98 Å². The molecule has 1 N–H and O–H groups in total. The molecular weight excluding hydrogens is 471 g/mol. The molecule has 4 aromatic rings. The number of thiophene rings is 1. The van der Waals surface area contributed by atoms with Gasteiger partial charge in [-0.2, -0.15) is 13.2 Å². The first-order valence-electron chi connectivity index (χ1n) is 10.1. The van der Waals surface area contributed by atoms with Crippen molar-refractivity contribution in [1.82, 2.24) is 9.55 Å². The Morgan fingerprint density at radius 3 is 2.56 bits per heavy atom. The van der Waals surface area contributed by atoms with Crippen LogP contribution in [-0.4, -0.2) is 22.1 Å². The van der Waals surface area contributed by atoms with E-state index in [0.717, 1.165) is 22.8 Å². The molecule has 0 atom stereocenters. The number of halogens is 3. The average molecular weight is 489 g/mol. The van der Waals surface area contributed by atoms with Crippen LogP contribution in [0, 0.1) is 0 Å². The van der Waals surface area contributed by atoms with Crippen LogP contribution >= 0.6 is 11.3 Å². The second kappa shape index (κ2) is 9.56. The summed E-state index contributed by atoms with van der Waals surface area (Å²) in [7, 11) is 0. The number of fused-ring (bicyclic) bond motifs is 1. The van der Waals surface area contributed by atoms with Crippen LogP contribution in [-0.2, 0) is 17.5 Å². The highest BCUT2D eigenvalue weighted by Crippen LogP contribution is 2.37. The molecule has 0 saturated heterocycles. The van der Waals surface area contributed by atoms with E-state index < -0.39 is 29.8 Å². The highest BCUT2D eigenvalue weighted by atomic mass is 32.1. The topological polar surface area (TPSA) is 82.4 Å². The Hall–Kier alpha value is -3.86. The fourth-order valence-corrected chi connectivity index (χ4v) is 3.86. The van der Waals surface area contributed by atoms with Gasteiger partial charge in [-0.05, 0) is 60.8 Å². The van der Waals surface area contributed by atoms with Gasteiger partial charge in [0, 0.05) is 0 Å². The largest absolute Gasteiger partial charge is 0.494 e. The molecule has 11 heteroatoms. The van der Waals surface area contributed by atoms with Gasteiger partial charge in [0.05, 0.1) is 29.6 Å². The molecule has 0 aliphatic rings. The third kappa shape index (κ3) is 5.20. The van der Waals surface area contributed by atoms with E-state index in [9.17, 15) is 22.8 Å². The molecule has 0 fully saturated rings. The predicted molar refractivity (Wildman–Crippen MR) is 122 cm³/mol. The second-order valence-corrected chi connectivity index (χ2v) is 7.97. The molecule has 2 aromatic carbocycles. The molecule has 0 radical (unpaired) electrons. The van der Waals surface area contributed by atoms with Crippen LogP contribution in [0.15, 0.2) is 65.0 Å². The molecule has 34 heavy (non-hydrogen) atoms. The first-order chi connectivity index (χ1) is 16.2. The summed E-state index contributed by atoms with van der Waals surface area (Å²) >= 11 is 1.29. The number of nitrogens with one attached hydrogen (secondary N) is 1. The van der Waals surface area contributed by atoms with Crippen molar-refractivity contribution in [3.63, 3.8) is 0 Å². The van der Waals surface area contributed by atoms with Crippen LogP contribution in [0.2, 0.25) is 0 Å². The molecule has 2 heterocycles. The zero-order valence-electron chi connectivity index (χ0n) is 17.8. The van der Waals surface area contributed by atoms with E-state index in [-0.39, 0.29) is 11.4 Å². The van der Waals surface area contributed by atoms with Crippen molar-refractivity contribution >= 4 is 33.1 Å². The number of ether oxygens (including phenoxy) is 2. The van der Waals surface area contributed by atoms with E-state index in [1.165, 1.54) is 17.7 Å². The number of hydrogen-bond donors (Lipinski definition) is 1. The average Bonchev–Trinajstić information content (AvgIpc) is 3.27. The molecule has 0 aliphatic carbocycles. The molecule has 0 spiro atoms. The molecule has 1 amide bonds. The summed E-state index contributed by atoms with van der Waals surface area (Å²) in [6.07, 6.45) is -3.40. The molecule has 0 unspecified atom stereocenters. The number of nitrogens with zero attached hydrogens (tertiary/aromatic N) is 2. The normalized spacial score (nSPS) is 11.4. The molecular formula is C23H18F3N3O4S. The van der Waals surface area contributed by atoms with Gasteiger partial charge in [-0.3, -0.25) is 14.2 Å². The Bertz CT molecular complexity index is 1380. The van der Waals surface area contributed by atoms with E-state index >= 15 is 0 Å². The molecule has 4 rings (SSSR count). The number of aromatic nitrogens is 2. The van der Waals surface area contributed by atoms with Crippen LogP contribution in [0.3, 0.4) is 0 Å². The Morgan fingerprint density at radius 2 is 1.85 bits per heavy atom. The van der Waals surface area contributed by atoms with Crippen LogP contribution in [0.25, 0.3) is 10.2 Å². The standard InChI is InChI=1S/C23H18F3N3O4S/c1-2-32-15-4-6-16(7-5-15)33-19-8-3-14(23(24,25)26)11-18(19)28-20(30)12-29-13-27-21-17(22(29)31)9-10-34-21/h3-11,13H,2,12H2,1H3,(H,28,30). The summed E-state index contributed by atoms with van der Waals surface area (Å²) in [5.74, 6) is 0.234. The summed E-state index contributed by atoms with van der Waals surface area (Å²) in [6, 6.07) is 10.9. The van der Waals surface area contributed by atoms with Gasteiger partial charge in [-0.15, -0.1) is 11.3 Å². The minimum Gasteiger partial charge on any atom is -0.494 e. The smallest absolute Gasteiger partial charge is 0.416 e. The Labute approximate surface area is 195 Å². The molecule has 0 bridgehead atoms. The van der Waals surface area contributed by atoms with Crippen molar-refractivity contribution < 1.29 is 27.4 Å². The molecule has 176 valence electrons. The van der Waals surface area contributed by atoms with E-state index in [1.807, 2.05) is 6.92 Å². The van der Waals surface area contributed by atoms with Gasteiger partial charge in [0.15, 0.2) is 5.75 Å². The number of carbonyl (C=O) groups excluding carboxylic acids is 1. The summed E-state index contributed by atoms with van der Waals surface area (Å²) in [6.45, 7) is 1.88. The Morgan fingerprint density at radius 1 is 1.12 bits per heavy atom. The summed E-state index contributed by atoms with van der Waals surface area (Å²) in [4.78, 5) is 29.8. The Kier molecular flexibility index (Phi) is 6.55. The number of benzene rings is 2. The molecule has 2 aromatic heterocycles. The maximum atomic E-state index is 13.3. The van der Waals surface area contributed by atoms with Gasteiger partial charge in [0.2, 0.25) is 5.91 Å². The molecule has 0 saturated carbocycles. The second-order valence-electron chi connectivity index (χ2n) is 7.08. The van der Waals surface area contributed by atoms with Crippen molar-refractivity contribution in [3.05, 3.63) is 76.2 Å². The molecule has 0 aliphatic heterocycles. The van der Waals surface area contributed by atoms with Crippen LogP contribution in [0.4, 0.5) is 18.9 Å². The van der Waals surface area contributed by atoms with Gasteiger partial charge in [-0.1, -0.05) is 0 Å². The number of amides is 1. The SMILES string of the molecule is CCOc1ccc(Oc2ccc(C(F)(F)F)cc2NC(=O)Cn2cnc3sccc3c2=O)cc1. The minimum atomic E-state index is -4.62. The maximum absolute atomic E-state index is 13.3. The first-order valence-corrected chi connectivity index (χ1v) is 11.0. The van der Waals surface area contributed by atoms with E-state index in [4.69, 9.17) is 9.47 Å². The fourth-order valence-electron chi connectivity index (χ4n) is 3.14. The highest BCUT2D eigenvalue weighted by Gasteiger charge is 2.31. The van der Waals surface area contributed by atoms with E-state index in [0.29, 0.717) is 28.3 Å². The van der Waals surface area contributed by atoms with Crippen molar-refractivity contribution in [2.45, 2.75) is 19.6 Å². The number of rotatable bonds is 7. The lowest BCUT2D eigenvalue weighted by Crippen LogP contribution is -2.27. The van der Waals surface area contributed by atoms with Crippen molar-refractivity contribution in [2.75, 3.05) is 11.9 Å². The van der Waals surface area contributed by atoms with Gasteiger partial charge < -0.3 is 14.8 Å². The lowest BCUT2D eigenvalue weighted by molar-refractivity contribution is -0.137.